The van der Waals surface area contributed by atoms with Gasteiger partial charge >= 0.3 is 17.6 Å². The van der Waals surface area contributed by atoms with Gasteiger partial charge in [0.1, 0.15) is 12.2 Å². The maximum Gasteiger partial charge on any atom is 0.335 e. The van der Waals surface area contributed by atoms with Crippen LogP contribution in [-0.2, 0) is 25.5 Å². The molecule has 4 atom stereocenters. The summed E-state index contributed by atoms with van der Waals surface area (Å²) in [5.74, 6) is -2.26. The Bertz CT molecular complexity index is 737. The van der Waals surface area contributed by atoms with Crippen molar-refractivity contribution >= 4 is 11.9 Å². The van der Waals surface area contributed by atoms with Crippen molar-refractivity contribution in [2.75, 3.05) is 7.11 Å². The number of aliphatic carboxylic acids is 1. The van der Waals surface area contributed by atoms with Gasteiger partial charge in [-0.15, -0.1) is 0 Å². The smallest absolute Gasteiger partial charge is 0.335 e. The maximum absolute atomic E-state index is 11.8. The summed E-state index contributed by atoms with van der Waals surface area (Å²) < 4.78 is 10.1. The highest BCUT2D eigenvalue weighted by molar-refractivity contribution is 5.73. The number of H-pyrrole nitrogens is 1. The Kier molecular flexibility index (Phi) is 4.63. The Balaban J connectivity index is 2.42. The van der Waals surface area contributed by atoms with Crippen LogP contribution in [0.25, 0.3) is 0 Å². The lowest BCUT2D eigenvalue weighted by Crippen LogP contribution is -2.39. The fourth-order valence-electron chi connectivity index (χ4n) is 2.16. The van der Waals surface area contributed by atoms with Crippen molar-refractivity contribution in [3.63, 3.8) is 0 Å². The van der Waals surface area contributed by atoms with Crippen molar-refractivity contribution in [1.29, 1.82) is 0 Å². The van der Waals surface area contributed by atoms with E-state index in [4.69, 9.17) is 9.84 Å². The highest BCUT2D eigenvalue weighted by Crippen LogP contribution is 2.28. The zero-order chi connectivity index (χ0) is 17.3. The van der Waals surface area contributed by atoms with Gasteiger partial charge in [0, 0.05) is 11.8 Å². The molecule has 0 bridgehead atoms. The molecular weight excluding hydrogens is 316 g/mol. The van der Waals surface area contributed by atoms with Gasteiger partial charge in [-0.25, -0.2) is 9.59 Å². The molecule has 1 saturated heterocycles. The quantitative estimate of drug-likeness (QED) is 0.419. The summed E-state index contributed by atoms with van der Waals surface area (Å²) >= 11 is 0. The molecule has 1 aromatic rings. The topological polar surface area (TPSA) is 168 Å². The molecule has 0 radical (unpaired) electrons. The highest BCUT2D eigenvalue weighted by atomic mass is 16.6. The number of carboxylic acids is 1. The molecule has 0 aliphatic carbocycles. The van der Waals surface area contributed by atoms with Crippen LogP contribution in [0.15, 0.2) is 15.8 Å². The van der Waals surface area contributed by atoms with Crippen LogP contribution >= 0.6 is 0 Å². The molecule has 0 unspecified atom stereocenters. The van der Waals surface area contributed by atoms with Crippen LogP contribution in [0, 0.1) is 0 Å². The first-order chi connectivity index (χ1) is 10.8. The average Bonchev–Trinajstić information content (AvgIpc) is 2.78. The van der Waals surface area contributed by atoms with Gasteiger partial charge in [0.15, 0.2) is 12.3 Å². The molecule has 4 N–H and O–H groups in total. The van der Waals surface area contributed by atoms with Gasteiger partial charge in [0.05, 0.1) is 13.5 Å². The molecule has 1 aliphatic rings. The third-order valence-electron chi connectivity index (χ3n) is 3.36. The van der Waals surface area contributed by atoms with Gasteiger partial charge in [-0.2, -0.15) is 0 Å². The summed E-state index contributed by atoms with van der Waals surface area (Å²) in [5.41, 5.74) is -1.98. The molecule has 0 amide bonds. The molecule has 126 valence electrons. The van der Waals surface area contributed by atoms with Gasteiger partial charge in [-0.1, -0.05) is 0 Å². The van der Waals surface area contributed by atoms with Crippen molar-refractivity contribution in [1.82, 2.24) is 9.55 Å². The highest BCUT2D eigenvalue weighted by Gasteiger charge is 2.47. The van der Waals surface area contributed by atoms with Crippen LogP contribution in [0.1, 0.15) is 11.8 Å². The lowest BCUT2D eigenvalue weighted by atomic mass is 10.1. The number of carbonyl (C=O) groups excluding carboxylic acids is 1. The maximum atomic E-state index is 11.8. The van der Waals surface area contributed by atoms with Gasteiger partial charge < -0.3 is 24.8 Å². The Morgan fingerprint density at radius 3 is 2.52 bits per heavy atom. The Hall–Kier alpha value is -2.50. The summed E-state index contributed by atoms with van der Waals surface area (Å²) in [6.07, 6.45) is -6.25. The molecule has 0 spiro atoms. The van der Waals surface area contributed by atoms with Crippen LogP contribution in [-0.4, -0.2) is 62.2 Å². The van der Waals surface area contributed by atoms with Crippen LogP contribution < -0.4 is 11.2 Å². The molecule has 2 heterocycles. The van der Waals surface area contributed by atoms with Crippen molar-refractivity contribution in [2.45, 2.75) is 31.0 Å². The third kappa shape index (κ3) is 3.16. The molecule has 0 aromatic carbocycles. The second-order valence-corrected chi connectivity index (χ2v) is 4.84. The number of methoxy groups -OCH3 is 1. The lowest BCUT2D eigenvalue weighted by Gasteiger charge is -2.17. The minimum Gasteiger partial charge on any atom is -0.479 e. The van der Waals surface area contributed by atoms with Crippen molar-refractivity contribution in [3.8, 4) is 0 Å². The number of nitrogens with zero attached hydrogens (tertiary/aromatic N) is 1. The summed E-state index contributed by atoms with van der Waals surface area (Å²) in [6.45, 7) is 0. The lowest BCUT2D eigenvalue weighted by molar-refractivity contribution is -0.155. The molecule has 1 aromatic heterocycles. The molecule has 2 rings (SSSR count). The Morgan fingerprint density at radius 1 is 1.35 bits per heavy atom. The van der Waals surface area contributed by atoms with E-state index in [0.717, 1.165) is 13.3 Å². The van der Waals surface area contributed by atoms with Crippen LogP contribution in [0.4, 0.5) is 0 Å². The van der Waals surface area contributed by atoms with Crippen molar-refractivity contribution in [2.24, 2.45) is 0 Å². The minimum absolute atomic E-state index is 0.152. The number of ether oxygens (including phenoxy) is 2. The summed E-state index contributed by atoms with van der Waals surface area (Å²) in [7, 11) is 1.12. The molecule has 1 aliphatic heterocycles. The number of rotatable bonds is 4. The standard InChI is InChI=1S/C12H14N2O9/c1-22-5(15)2-4-3-14(12(21)13-9(4)18)10-7(17)6(16)8(23-10)11(19)20/h3,6-8,10,16-17H,2H2,1H3,(H,19,20)(H,13,18,21)/t6-,7+,8-,10+/m0/s1. The molecule has 0 saturated carbocycles. The number of aliphatic hydroxyl groups excluding tert-OH is 2. The zero-order valence-corrected chi connectivity index (χ0v) is 11.8. The van der Waals surface area contributed by atoms with E-state index in [2.05, 4.69) is 4.74 Å². The SMILES string of the molecule is COC(=O)Cc1cn([C@@H]2O[C@H](C(=O)O)[C@@H](O)[C@H]2O)c(=O)[nH]c1=O. The number of esters is 1. The number of aliphatic hydroxyl groups is 2. The van der Waals surface area contributed by atoms with Crippen molar-refractivity contribution in [3.05, 3.63) is 32.6 Å². The predicted molar refractivity (Wildman–Crippen MR) is 70.6 cm³/mol. The zero-order valence-electron chi connectivity index (χ0n) is 11.8. The minimum atomic E-state index is -1.76. The van der Waals surface area contributed by atoms with E-state index in [0.29, 0.717) is 4.57 Å². The van der Waals surface area contributed by atoms with Crippen LogP contribution in [0.3, 0.4) is 0 Å². The van der Waals surface area contributed by atoms with Crippen LogP contribution in [0.2, 0.25) is 0 Å². The number of aromatic nitrogens is 2. The number of hydrogen-bond acceptors (Lipinski definition) is 8. The monoisotopic (exact) mass is 330 g/mol. The number of aromatic amines is 1. The summed E-state index contributed by atoms with van der Waals surface area (Å²) in [6, 6.07) is 0. The van der Waals surface area contributed by atoms with E-state index >= 15 is 0 Å². The van der Waals surface area contributed by atoms with E-state index in [-0.39, 0.29) is 5.56 Å². The summed E-state index contributed by atoms with van der Waals surface area (Å²) in [4.78, 5) is 47.6. The second-order valence-electron chi connectivity index (χ2n) is 4.84. The molecule has 11 nitrogen and oxygen atoms in total. The third-order valence-corrected chi connectivity index (χ3v) is 3.36. The second kappa shape index (κ2) is 6.32. The number of hydrogen-bond donors (Lipinski definition) is 4. The largest absolute Gasteiger partial charge is 0.479 e. The fraction of sp³-hybridized carbons (Fsp3) is 0.500. The normalized spacial score (nSPS) is 26.9. The number of nitrogens with one attached hydrogen (secondary N) is 1. The van der Waals surface area contributed by atoms with Crippen molar-refractivity contribution < 1.29 is 34.4 Å². The first kappa shape index (κ1) is 16.9. The van der Waals surface area contributed by atoms with E-state index < -0.39 is 54.1 Å². The fourth-order valence-corrected chi connectivity index (χ4v) is 2.16. The van der Waals surface area contributed by atoms with E-state index in [1.165, 1.54) is 0 Å². The Labute approximate surface area is 127 Å². The molecular formula is C12H14N2O9. The van der Waals surface area contributed by atoms with E-state index in [1.54, 1.807) is 0 Å². The van der Waals surface area contributed by atoms with Crippen LogP contribution in [0.5, 0.6) is 0 Å². The van der Waals surface area contributed by atoms with Gasteiger partial charge in [-0.05, 0) is 0 Å². The van der Waals surface area contributed by atoms with E-state index in [1.807, 2.05) is 4.98 Å². The number of carbonyl (C=O) groups is 2. The summed E-state index contributed by atoms with van der Waals surface area (Å²) in [5, 5.41) is 28.4. The van der Waals surface area contributed by atoms with Gasteiger partial charge in [0.2, 0.25) is 0 Å². The molecule has 11 heteroatoms. The molecule has 1 fully saturated rings. The van der Waals surface area contributed by atoms with Gasteiger partial charge in [0.25, 0.3) is 5.56 Å². The van der Waals surface area contributed by atoms with Gasteiger partial charge in [-0.3, -0.25) is 19.1 Å². The average molecular weight is 330 g/mol. The first-order valence-electron chi connectivity index (χ1n) is 6.41. The number of carboxylic acid groups (broad SMARTS) is 1. The molecule has 23 heavy (non-hydrogen) atoms. The first-order valence-corrected chi connectivity index (χ1v) is 6.41. The van der Waals surface area contributed by atoms with E-state index in [9.17, 15) is 29.4 Å². The predicted octanol–water partition coefficient (Wildman–Crippen LogP) is -3.04. The Morgan fingerprint density at radius 2 is 2.00 bits per heavy atom.